The monoisotopic (exact) mass is 431 g/mol. The van der Waals surface area contributed by atoms with E-state index in [1.54, 1.807) is 0 Å². The van der Waals surface area contributed by atoms with Gasteiger partial charge in [0, 0.05) is 75.3 Å². The average molecular weight is 432 g/mol. The van der Waals surface area contributed by atoms with Crippen molar-refractivity contribution in [1.82, 2.24) is 0 Å². The van der Waals surface area contributed by atoms with Gasteiger partial charge in [0.25, 0.3) is 0 Å². The van der Waals surface area contributed by atoms with Crippen LogP contribution in [0.1, 0.15) is 0 Å². The molecule has 0 aliphatic rings. The van der Waals surface area contributed by atoms with Crippen molar-refractivity contribution < 1.29 is 108 Å². The molecule has 0 aromatic rings. The van der Waals surface area contributed by atoms with Crippen LogP contribution < -0.4 is 0 Å². The molecule has 0 amide bonds. The molecule has 0 atom stereocenters. The SMILES string of the molecule is [Ce].[Cu].[Ni].[SiH3][La]. The van der Waals surface area contributed by atoms with E-state index in [9.17, 15) is 0 Å². The van der Waals surface area contributed by atoms with Crippen LogP contribution in [0.15, 0.2) is 0 Å². The Morgan fingerprint density at radius 2 is 1.20 bits per heavy atom. The fraction of sp³-hybridized carbons (Fsp3) is 0. The van der Waals surface area contributed by atoms with Crippen LogP contribution in [0.3, 0.4) is 0 Å². The molecule has 0 saturated heterocycles. The third-order valence-corrected chi connectivity index (χ3v) is 0. The van der Waals surface area contributed by atoms with E-state index in [1.165, 1.54) is 38.5 Å². The summed E-state index contributed by atoms with van der Waals surface area (Å²) in [5, 5.41) is 0. The van der Waals surface area contributed by atoms with E-state index in [1.807, 2.05) is 0 Å². The summed E-state index contributed by atoms with van der Waals surface area (Å²) < 4.78 is 0. The fourth-order valence-corrected chi connectivity index (χ4v) is 0. The molecule has 5 heavy (non-hydrogen) atoms. The molecule has 0 heterocycles. The number of rotatable bonds is 0. The molecule has 5 heteroatoms. The van der Waals surface area contributed by atoms with E-state index in [0.717, 1.165) is 0 Å². The van der Waals surface area contributed by atoms with Crippen LogP contribution in [-0.4, -0.2) is 5.76 Å². The molecule has 0 N–H and O–H groups in total. The van der Waals surface area contributed by atoms with Crippen molar-refractivity contribution in [2.24, 2.45) is 0 Å². The maximum atomic E-state index is 1.47. The normalized spacial score (nSPS) is 1.40. The first-order chi connectivity index (χ1) is 1.00. The van der Waals surface area contributed by atoms with Crippen molar-refractivity contribution in [2.45, 2.75) is 0 Å². The van der Waals surface area contributed by atoms with Gasteiger partial charge in [0.2, 0.25) is 0 Å². The second-order valence-electron chi connectivity index (χ2n) is 0. The van der Waals surface area contributed by atoms with Crippen molar-refractivity contribution in [1.29, 1.82) is 0 Å². The van der Waals surface area contributed by atoms with Gasteiger partial charge in [-0.05, 0) is 0 Å². The van der Waals surface area contributed by atoms with Gasteiger partial charge in [-0.3, -0.25) is 0 Å². The second kappa shape index (κ2) is 25.0. The first-order valence-corrected chi connectivity index (χ1v) is 12.6. The van der Waals surface area contributed by atoms with Gasteiger partial charge in [0.05, 0.1) is 0 Å². The molecule has 0 spiro atoms. The molecule has 35 valence electrons. The zero-order valence-electron chi connectivity index (χ0n) is 2.70. The maximum absolute atomic E-state index is 1.47. The molecule has 0 nitrogen and oxygen atoms in total. The first-order valence-electron chi connectivity index (χ1n) is 0.577. The van der Waals surface area contributed by atoms with Crippen LogP contribution in [0, 0.1) is 74.5 Å². The molecule has 0 saturated carbocycles. The summed E-state index contributed by atoms with van der Waals surface area (Å²) in [6, 6.07) is 0. The van der Waals surface area contributed by atoms with Crippen LogP contribution in [0.5, 0.6) is 0 Å². The van der Waals surface area contributed by atoms with E-state index in [2.05, 4.69) is 0 Å². The second-order valence-corrected chi connectivity index (χ2v) is 0. The Hall–Kier alpha value is 3.80. The van der Waals surface area contributed by atoms with Crippen LogP contribution in [0.2, 0.25) is 0 Å². The van der Waals surface area contributed by atoms with E-state index in [4.69, 9.17) is 0 Å². The van der Waals surface area contributed by atoms with Crippen LogP contribution in [0.25, 0.3) is 0 Å². The first kappa shape index (κ1) is 23.2. The zero-order chi connectivity index (χ0) is 2.00. The minimum atomic E-state index is 0. The van der Waals surface area contributed by atoms with Crippen molar-refractivity contribution in [3.63, 3.8) is 0 Å². The predicted molar refractivity (Wildman–Crippen MR) is 9.94 cm³/mol. The summed E-state index contributed by atoms with van der Waals surface area (Å²) in [5.41, 5.74) is 0. The Morgan fingerprint density at radius 3 is 1.20 bits per heavy atom. The Labute approximate surface area is 111 Å². The third-order valence-electron chi connectivity index (χ3n) is 0. The topological polar surface area (TPSA) is 0 Å². The van der Waals surface area contributed by atoms with Gasteiger partial charge in [0.1, 0.15) is 0 Å². The van der Waals surface area contributed by atoms with Crippen molar-refractivity contribution in [3.05, 3.63) is 0 Å². The Morgan fingerprint density at radius 1 is 1.20 bits per heavy atom. The van der Waals surface area contributed by atoms with Gasteiger partial charge >= 0.3 is 38.5 Å². The number of hydrogen-bond donors (Lipinski definition) is 0. The quantitative estimate of drug-likeness (QED) is 0.423. The van der Waals surface area contributed by atoms with Gasteiger partial charge in [-0.25, -0.2) is 0 Å². The molecule has 0 rings (SSSR count). The van der Waals surface area contributed by atoms with Gasteiger partial charge in [-0.15, -0.1) is 0 Å². The Kier molecular flexibility index (Phi) is 116. The van der Waals surface area contributed by atoms with Crippen molar-refractivity contribution in [2.75, 3.05) is 0 Å². The zero-order valence-corrected chi connectivity index (χ0v) is 13.4. The fourth-order valence-electron chi connectivity index (χ4n) is 0. The molecule has 0 fully saturated rings. The molecular formula is H3CeCuLaNiSi. The van der Waals surface area contributed by atoms with Crippen LogP contribution in [0.4, 0.5) is 0 Å². The minimum absolute atomic E-state index is 0. The van der Waals surface area contributed by atoms with E-state index in [-0.39, 0.29) is 75.3 Å². The van der Waals surface area contributed by atoms with Crippen molar-refractivity contribution in [3.8, 4) is 0 Å². The average Bonchev–Trinajstić information content (AvgIpc) is 1.00. The van der Waals surface area contributed by atoms with Crippen molar-refractivity contribution >= 4 is 5.76 Å². The Balaban J connectivity index is -0.00000000167. The molecular weight excluding hydrogens is 429 g/mol. The van der Waals surface area contributed by atoms with Gasteiger partial charge in [0.15, 0.2) is 0 Å². The summed E-state index contributed by atoms with van der Waals surface area (Å²) in [4.78, 5) is 0. The van der Waals surface area contributed by atoms with Gasteiger partial charge < -0.3 is 0 Å². The molecule has 0 aromatic carbocycles. The molecule has 0 bridgehead atoms. The molecule has 0 aromatic heterocycles. The molecule has 0 unspecified atom stereocenters. The van der Waals surface area contributed by atoms with E-state index < -0.39 is 0 Å². The molecule has 0 aliphatic heterocycles. The number of hydrogen-bond acceptors (Lipinski definition) is 0. The molecule has 0 aliphatic carbocycles. The summed E-state index contributed by atoms with van der Waals surface area (Å²) in [6.07, 6.45) is 0. The van der Waals surface area contributed by atoms with Gasteiger partial charge in [-0.2, -0.15) is 0 Å². The van der Waals surface area contributed by atoms with Crippen LogP contribution in [-0.2, 0) is 33.6 Å². The molecule has 1 radical (unpaired) electrons. The van der Waals surface area contributed by atoms with Crippen LogP contribution >= 0.6 is 0 Å². The Bertz CT molecular complexity index is 11.6. The third kappa shape index (κ3) is 18.2. The van der Waals surface area contributed by atoms with E-state index in [0.29, 0.717) is 0 Å². The van der Waals surface area contributed by atoms with Gasteiger partial charge in [-0.1, -0.05) is 0 Å². The standard InChI is InChI=1S/Ce.Cu.La.Ni.H3Si/h;;;;1H3. The summed E-state index contributed by atoms with van der Waals surface area (Å²) >= 11 is 1.31. The summed E-state index contributed by atoms with van der Waals surface area (Å²) in [6.45, 7) is 0. The summed E-state index contributed by atoms with van der Waals surface area (Å²) in [7, 11) is 0. The summed E-state index contributed by atoms with van der Waals surface area (Å²) in [5.74, 6) is 1.47. The predicted octanol–water partition coefficient (Wildman–Crippen LogP) is -1.19. The van der Waals surface area contributed by atoms with E-state index >= 15 is 0 Å².